The fraction of sp³-hybridized carbons (Fsp3) is 0. The Morgan fingerprint density at radius 1 is 1.33 bits per heavy atom. The molecule has 1 aromatic carbocycles. The maximum atomic E-state index is 12.5. The Kier molecular flexibility index (Phi) is 3.48. The van der Waals surface area contributed by atoms with Crippen molar-refractivity contribution in [2.45, 2.75) is 5.03 Å². The minimum absolute atomic E-state index is 0.0700. The van der Waals surface area contributed by atoms with Crippen LogP contribution < -0.4 is 10.5 Å². The van der Waals surface area contributed by atoms with E-state index in [1.165, 1.54) is 33.9 Å². The summed E-state index contributed by atoms with van der Waals surface area (Å²) in [7, 11) is -3.93. The van der Waals surface area contributed by atoms with Crippen LogP contribution in [0.1, 0.15) is 0 Å². The van der Waals surface area contributed by atoms with Crippen molar-refractivity contribution in [2.24, 2.45) is 0 Å². The van der Waals surface area contributed by atoms with Crippen LogP contribution in [0.2, 0.25) is 10.0 Å². The van der Waals surface area contributed by atoms with E-state index in [9.17, 15) is 8.42 Å². The van der Waals surface area contributed by atoms with Gasteiger partial charge in [0.1, 0.15) is 0 Å². The summed E-state index contributed by atoms with van der Waals surface area (Å²) in [6, 6.07) is 4.45. The molecular weight excluding hydrogens is 355 g/mol. The largest absolute Gasteiger partial charge is 0.381 e. The zero-order valence-corrected chi connectivity index (χ0v) is 13.4. The molecule has 0 fully saturated rings. The predicted octanol–water partition coefficient (Wildman–Crippen LogP) is 3.09. The lowest BCUT2D eigenvalue weighted by Crippen LogP contribution is -2.16. The molecule has 10 heteroatoms. The number of thiazole rings is 1. The average molecular weight is 363 g/mol. The molecule has 110 valence electrons. The Morgan fingerprint density at radius 3 is 2.81 bits per heavy atom. The highest BCUT2D eigenvalue weighted by atomic mass is 35.5. The summed E-state index contributed by atoms with van der Waals surface area (Å²) in [5, 5.41) is 2.20. The van der Waals surface area contributed by atoms with Gasteiger partial charge in [0.2, 0.25) is 5.03 Å². The smallest absolute Gasteiger partial charge is 0.281 e. The van der Waals surface area contributed by atoms with Crippen molar-refractivity contribution >= 4 is 61.0 Å². The van der Waals surface area contributed by atoms with Crippen LogP contribution in [0.15, 0.2) is 34.8 Å². The lowest BCUT2D eigenvalue weighted by molar-refractivity contribution is 0.597. The third-order valence-corrected chi connectivity index (χ3v) is 5.38. The summed E-state index contributed by atoms with van der Waals surface area (Å²) in [5.74, 6) is -0.0700. The second kappa shape index (κ2) is 5.06. The van der Waals surface area contributed by atoms with Gasteiger partial charge in [-0.25, -0.2) is 4.98 Å². The van der Waals surface area contributed by atoms with Gasteiger partial charge in [-0.15, -0.1) is 11.3 Å². The number of nitrogen functional groups attached to an aromatic ring is 1. The number of hydrogen-bond acceptors (Lipinski definition) is 5. The minimum atomic E-state index is -3.93. The van der Waals surface area contributed by atoms with E-state index in [0.29, 0.717) is 9.98 Å². The highest BCUT2D eigenvalue weighted by molar-refractivity contribution is 7.92. The van der Waals surface area contributed by atoms with Crippen molar-refractivity contribution in [1.29, 1.82) is 0 Å². The molecule has 0 unspecified atom stereocenters. The lowest BCUT2D eigenvalue weighted by Gasteiger charge is -2.09. The van der Waals surface area contributed by atoms with Crippen LogP contribution in [0.3, 0.4) is 0 Å². The van der Waals surface area contributed by atoms with Gasteiger partial charge >= 0.3 is 0 Å². The molecule has 6 nitrogen and oxygen atoms in total. The first-order chi connectivity index (χ1) is 9.88. The Labute approximate surface area is 134 Å². The number of nitrogens with one attached hydrogen (secondary N) is 1. The molecule has 3 rings (SSSR count). The zero-order valence-electron chi connectivity index (χ0n) is 10.2. The molecule has 2 aromatic heterocycles. The first kappa shape index (κ1) is 14.5. The summed E-state index contributed by atoms with van der Waals surface area (Å²) in [5.41, 5.74) is 5.91. The Hall–Kier alpha value is -1.48. The number of anilines is 2. The van der Waals surface area contributed by atoms with Crippen LogP contribution in [-0.2, 0) is 10.0 Å². The molecule has 0 bridgehead atoms. The first-order valence-corrected chi connectivity index (χ1v) is 8.69. The van der Waals surface area contributed by atoms with E-state index in [4.69, 9.17) is 28.9 Å². The highest BCUT2D eigenvalue weighted by Crippen LogP contribution is 2.30. The molecule has 0 aliphatic heterocycles. The normalized spacial score (nSPS) is 11.9. The van der Waals surface area contributed by atoms with Crippen LogP contribution in [-0.4, -0.2) is 17.8 Å². The quantitative estimate of drug-likeness (QED) is 0.748. The predicted molar refractivity (Wildman–Crippen MR) is 84.8 cm³/mol. The van der Waals surface area contributed by atoms with Crippen molar-refractivity contribution < 1.29 is 8.42 Å². The number of nitrogens with zero attached hydrogens (tertiary/aromatic N) is 2. The van der Waals surface area contributed by atoms with Gasteiger partial charge in [-0.1, -0.05) is 23.2 Å². The summed E-state index contributed by atoms with van der Waals surface area (Å²) in [4.78, 5) is 4.50. The molecule has 3 N–H and O–H groups in total. The number of halogens is 2. The molecule has 0 spiro atoms. The van der Waals surface area contributed by atoms with Crippen LogP contribution in [0.25, 0.3) is 4.96 Å². The fourth-order valence-corrected chi connectivity index (χ4v) is 4.40. The number of fused-ring (bicyclic) bond motifs is 1. The Morgan fingerprint density at radius 2 is 2.10 bits per heavy atom. The van der Waals surface area contributed by atoms with Crippen LogP contribution in [0.5, 0.6) is 0 Å². The lowest BCUT2D eigenvalue weighted by atomic mass is 10.3. The maximum Gasteiger partial charge on any atom is 0.281 e. The summed E-state index contributed by atoms with van der Waals surface area (Å²) in [6.45, 7) is 0. The van der Waals surface area contributed by atoms with Gasteiger partial charge in [-0.3, -0.25) is 9.12 Å². The van der Waals surface area contributed by atoms with E-state index in [1.54, 1.807) is 11.6 Å². The fourth-order valence-electron chi connectivity index (χ4n) is 1.81. The summed E-state index contributed by atoms with van der Waals surface area (Å²) < 4.78 is 28.8. The van der Waals surface area contributed by atoms with Crippen LogP contribution in [0.4, 0.5) is 11.5 Å². The van der Waals surface area contributed by atoms with Gasteiger partial charge in [0.05, 0.1) is 10.7 Å². The van der Waals surface area contributed by atoms with Gasteiger partial charge in [-0.2, -0.15) is 8.42 Å². The monoisotopic (exact) mass is 362 g/mol. The molecule has 2 heterocycles. The second-order valence-electron chi connectivity index (χ2n) is 4.09. The molecule has 0 aliphatic rings. The Balaban J connectivity index is 2.08. The number of sulfonamides is 1. The number of nitrogens with two attached hydrogens (primary N) is 1. The number of rotatable bonds is 3. The van der Waals surface area contributed by atoms with E-state index in [0.717, 1.165) is 0 Å². The molecular formula is C11H8Cl2N4O2S2. The van der Waals surface area contributed by atoms with Crippen molar-refractivity contribution in [3.05, 3.63) is 39.8 Å². The van der Waals surface area contributed by atoms with Crippen molar-refractivity contribution in [3.8, 4) is 0 Å². The molecule has 0 radical (unpaired) electrons. The van der Waals surface area contributed by atoms with E-state index >= 15 is 0 Å². The van der Waals surface area contributed by atoms with E-state index < -0.39 is 10.0 Å². The first-order valence-electron chi connectivity index (χ1n) is 5.57. The molecule has 3 aromatic rings. The van der Waals surface area contributed by atoms with Gasteiger partial charge in [0.25, 0.3) is 10.0 Å². The molecule has 0 saturated heterocycles. The van der Waals surface area contributed by atoms with Gasteiger partial charge < -0.3 is 5.73 Å². The van der Waals surface area contributed by atoms with Gasteiger partial charge in [0.15, 0.2) is 10.8 Å². The van der Waals surface area contributed by atoms with Crippen LogP contribution in [0, 0.1) is 0 Å². The Bertz CT molecular complexity index is 933. The zero-order chi connectivity index (χ0) is 15.2. The average Bonchev–Trinajstić information content (AvgIpc) is 2.91. The third-order valence-electron chi connectivity index (χ3n) is 2.67. The van der Waals surface area contributed by atoms with Crippen molar-refractivity contribution in [3.63, 3.8) is 0 Å². The van der Waals surface area contributed by atoms with E-state index in [2.05, 4.69) is 9.71 Å². The van der Waals surface area contributed by atoms with Crippen molar-refractivity contribution in [1.82, 2.24) is 9.38 Å². The highest BCUT2D eigenvalue weighted by Gasteiger charge is 2.25. The molecule has 21 heavy (non-hydrogen) atoms. The third kappa shape index (κ3) is 2.55. The number of benzene rings is 1. The van der Waals surface area contributed by atoms with Gasteiger partial charge in [-0.05, 0) is 18.2 Å². The second-order valence-corrected chi connectivity index (χ2v) is 7.40. The van der Waals surface area contributed by atoms with Crippen LogP contribution >= 0.6 is 34.5 Å². The standard InChI is InChI=1S/C11H8Cl2N4O2S2/c12-6-1-2-8(7(13)5-6)16-21(18,19)10-9(14)15-11-17(10)3-4-20-11/h1-5,16H,14H2. The summed E-state index contributed by atoms with van der Waals surface area (Å²) >= 11 is 13.0. The number of aromatic nitrogens is 2. The minimum Gasteiger partial charge on any atom is -0.381 e. The molecule has 0 atom stereocenters. The number of imidazole rings is 1. The maximum absolute atomic E-state index is 12.5. The number of hydrogen-bond donors (Lipinski definition) is 2. The van der Waals surface area contributed by atoms with E-state index in [-0.39, 0.29) is 21.6 Å². The van der Waals surface area contributed by atoms with E-state index in [1.807, 2.05) is 0 Å². The SMILES string of the molecule is Nc1nc2sccn2c1S(=O)(=O)Nc1ccc(Cl)cc1Cl. The topological polar surface area (TPSA) is 89.5 Å². The molecule has 0 amide bonds. The van der Waals surface area contributed by atoms with Crippen molar-refractivity contribution in [2.75, 3.05) is 10.5 Å². The molecule has 0 saturated carbocycles. The summed E-state index contributed by atoms with van der Waals surface area (Å²) in [6.07, 6.45) is 1.58. The van der Waals surface area contributed by atoms with Gasteiger partial charge in [0, 0.05) is 16.6 Å². The molecule has 0 aliphatic carbocycles.